The van der Waals surface area contributed by atoms with Crippen LogP contribution in [0.3, 0.4) is 0 Å². The van der Waals surface area contributed by atoms with Gasteiger partial charge >= 0.3 is 0 Å². The highest BCUT2D eigenvalue weighted by molar-refractivity contribution is 5.77. The molecule has 19 heavy (non-hydrogen) atoms. The van der Waals surface area contributed by atoms with Gasteiger partial charge in [-0.2, -0.15) is 0 Å². The average Bonchev–Trinajstić information content (AvgIpc) is 2.89. The molecule has 1 aliphatic carbocycles. The molecule has 0 bridgehead atoms. The average molecular weight is 258 g/mol. The Bertz CT molecular complexity index is 511. The molecule has 1 aliphatic heterocycles. The van der Waals surface area contributed by atoms with Crippen molar-refractivity contribution < 1.29 is 4.79 Å². The number of rotatable bonds is 2. The molecule has 1 aromatic carbocycles. The lowest BCUT2D eigenvalue weighted by Crippen LogP contribution is -2.38. The van der Waals surface area contributed by atoms with Gasteiger partial charge in [0.1, 0.15) is 0 Å². The van der Waals surface area contributed by atoms with E-state index in [-0.39, 0.29) is 11.4 Å². The largest absolute Gasteiger partial charge is 0.333 e. The highest BCUT2D eigenvalue weighted by atomic mass is 16.2. The molecule has 0 aromatic heterocycles. The summed E-state index contributed by atoms with van der Waals surface area (Å²) < 4.78 is 0. The second kappa shape index (κ2) is 4.07. The summed E-state index contributed by atoms with van der Waals surface area (Å²) >= 11 is 0. The summed E-state index contributed by atoms with van der Waals surface area (Å²) in [5.74, 6) is 0.709. The molecule has 1 saturated heterocycles. The van der Waals surface area contributed by atoms with Crippen LogP contribution in [0.15, 0.2) is 24.3 Å². The second-order valence-electron chi connectivity index (χ2n) is 6.41. The minimum Gasteiger partial charge on any atom is -0.333 e. The molecular formula is C16H22N2O. The molecule has 102 valence electrons. The van der Waals surface area contributed by atoms with Crippen molar-refractivity contribution in [3.05, 3.63) is 35.4 Å². The van der Waals surface area contributed by atoms with Gasteiger partial charge in [0.25, 0.3) is 0 Å². The maximum Gasteiger partial charge on any atom is 0.220 e. The zero-order valence-electron chi connectivity index (χ0n) is 11.9. The second-order valence-corrected chi connectivity index (χ2v) is 6.41. The van der Waals surface area contributed by atoms with E-state index in [2.05, 4.69) is 38.1 Å². The van der Waals surface area contributed by atoms with E-state index in [0.717, 1.165) is 12.8 Å². The highest BCUT2D eigenvalue weighted by Gasteiger charge is 2.60. The van der Waals surface area contributed by atoms with Crippen LogP contribution in [-0.2, 0) is 10.3 Å². The Labute approximate surface area is 114 Å². The molecule has 0 spiro atoms. The van der Waals surface area contributed by atoms with E-state index in [9.17, 15) is 4.79 Å². The number of nitrogens with two attached hydrogens (primary N) is 1. The topological polar surface area (TPSA) is 46.1 Å². The Kier molecular flexibility index (Phi) is 2.72. The van der Waals surface area contributed by atoms with Crippen molar-refractivity contribution in [3.8, 4) is 0 Å². The van der Waals surface area contributed by atoms with Crippen LogP contribution in [0.2, 0.25) is 0 Å². The van der Waals surface area contributed by atoms with Crippen molar-refractivity contribution in [2.75, 3.05) is 0 Å². The molecule has 1 heterocycles. The van der Waals surface area contributed by atoms with Gasteiger partial charge in [0.15, 0.2) is 0 Å². The number of carbonyl (C=O) groups excluding carboxylic acids is 1. The molecule has 2 unspecified atom stereocenters. The number of fused-ring (bicyclic) bond motifs is 1. The van der Waals surface area contributed by atoms with Gasteiger partial charge in [0, 0.05) is 12.5 Å². The highest BCUT2D eigenvalue weighted by Crippen LogP contribution is 2.50. The number of hydrogen-bond acceptors (Lipinski definition) is 2. The third-order valence-corrected chi connectivity index (χ3v) is 4.71. The smallest absolute Gasteiger partial charge is 0.220 e. The van der Waals surface area contributed by atoms with E-state index in [4.69, 9.17) is 5.73 Å². The van der Waals surface area contributed by atoms with Crippen molar-refractivity contribution in [2.45, 2.75) is 57.2 Å². The van der Waals surface area contributed by atoms with Crippen LogP contribution in [0.1, 0.15) is 50.7 Å². The Morgan fingerprint density at radius 2 is 2.00 bits per heavy atom. The summed E-state index contributed by atoms with van der Waals surface area (Å²) in [6, 6.07) is 9.40. The standard InChI is InChI=1S/C16H22N2O/c1-10(2)12-5-4-6-13(7-12)16(17)8-14-15(9-16)18(14)11(3)19/h4-7,10,14-15H,8-9,17H2,1-3H3. The van der Waals surface area contributed by atoms with Gasteiger partial charge in [-0.1, -0.05) is 38.1 Å². The van der Waals surface area contributed by atoms with Gasteiger partial charge < -0.3 is 10.6 Å². The maximum atomic E-state index is 11.4. The van der Waals surface area contributed by atoms with Crippen LogP contribution in [-0.4, -0.2) is 22.9 Å². The molecular weight excluding hydrogens is 236 g/mol. The van der Waals surface area contributed by atoms with Gasteiger partial charge in [0.2, 0.25) is 5.91 Å². The molecule has 1 saturated carbocycles. The van der Waals surface area contributed by atoms with Gasteiger partial charge in [0.05, 0.1) is 12.1 Å². The fourth-order valence-electron chi connectivity index (χ4n) is 3.54. The Morgan fingerprint density at radius 1 is 1.37 bits per heavy atom. The van der Waals surface area contributed by atoms with Crippen LogP contribution in [0.5, 0.6) is 0 Å². The number of piperidine rings is 1. The lowest BCUT2D eigenvalue weighted by atomic mass is 9.86. The first-order chi connectivity index (χ1) is 8.92. The fraction of sp³-hybridized carbons (Fsp3) is 0.562. The molecule has 1 aromatic rings. The van der Waals surface area contributed by atoms with E-state index in [1.54, 1.807) is 6.92 Å². The van der Waals surface area contributed by atoms with Crippen LogP contribution < -0.4 is 5.73 Å². The third-order valence-electron chi connectivity index (χ3n) is 4.71. The molecule has 3 heteroatoms. The zero-order valence-corrected chi connectivity index (χ0v) is 11.9. The first-order valence-corrected chi connectivity index (χ1v) is 7.10. The van der Waals surface area contributed by atoms with Crippen LogP contribution in [0, 0.1) is 0 Å². The molecule has 2 atom stereocenters. The molecule has 2 N–H and O–H groups in total. The summed E-state index contributed by atoms with van der Waals surface area (Å²) in [5, 5.41) is 0. The van der Waals surface area contributed by atoms with E-state index in [0.29, 0.717) is 18.0 Å². The third kappa shape index (κ3) is 1.96. The first kappa shape index (κ1) is 12.7. The van der Waals surface area contributed by atoms with Gasteiger partial charge in [-0.05, 0) is 29.9 Å². The van der Waals surface area contributed by atoms with Crippen molar-refractivity contribution in [1.29, 1.82) is 0 Å². The fourth-order valence-corrected chi connectivity index (χ4v) is 3.54. The predicted molar refractivity (Wildman–Crippen MR) is 75.7 cm³/mol. The zero-order chi connectivity index (χ0) is 13.8. The number of carbonyl (C=O) groups is 1. The lowest BCUT2D eigenvalue weighted by molar-refractivity contribution is -0.124. The SMILES string of the molecule is CC(=O)N1C2CC(N)(c3cccc(C(C)C)c3)CC21. The monoisotopic (exact) mass is 258 g/mol. The number of likely N-dealkylation sites (tertiary alicyclic amines) is 1. The summed E-state index contributed by atoms with van der Waals surface area (Å²) in [6.45, 7) is 6.05. The van der Waals surface area contributed by atoms with E-state index in [1.165, 1.54) is 11.1 Å². The van der Waals surface area contributed by atoms with E-state index in [1.807, 2.05) is 4.90 Å². The van der Waals surface area contributed by atoms with E-state index >= 15 is 0 Å². The summed E-state index contributed by atoms with van der Waals surface area (Å²) in [6.07, 6.45) is 1.80. The molecule has 3 rings (SSSR count). The predicted octanol–water partition coefficient (Wildman–Crippen LogP) is 2.36. The molecule has 0 radical (unpaired) electrons. The summed E-state index contributed by atoms with van der Waals surface area (Å²) in [4.78, 5) is 13.4. The van der Waals surface area contributed by atoms with Gasteiger partial charge in [-0.15, -0.1) is 0 Å². The first-order valence-electron chi connectivity index (χ1n) is 7.10. The van der Waals surface area contributed by atoms with Crippen LogP contribution >= 0.6 is 0 Å². The summed E-state index contributed by atoms with van der Waals surface area (Å²) in [5.41, 5.74) is 8.92. The Hall–Kier alpha value is -1.35. The van der Waals surface area contributed by atoms with Crippen molar-refractivity contribution >= 4 is 5.91 Å². The van der Waals surface area contributed by atoms with Crippen molar-refractivity contribution in [3.63, 3.8) is 0 Å². The summed E-state index contributed by atoms with van der Waals surface area (Å²) in [7, 11) is 0. The molecule has 2 fully saturated rings. The van der Waals surface area contributed by atoms with Crippen LogP contribution in [0.4, 0.5) is 0 Å². The van der Waals surface area contributed by atoms with E-state index < -0.39 is 0 Å². The van der Waals surface area contributed by atoms with Gasteiger partial charge in [-0.3, -0.25) is 4.79 Å². The molecule has 2 aliphatic rings. The minimum atomic E-state index is -0.244. The number of benzene rings is 1. The van der Waals surface area contributed by atoms with Gasteiger partial charge in [-0.25, -0.2) is 0 Å². The van der Waals surface area contributed by atoms with Crippen molar-refractivity contribution in [2.24, 2.45) is 5.73 Å². The number of hydrogen-bond donors (Lipinski definition) is 1. The quantitative estimate of drug-likeness (QED) is 0.828. The Balaban J connectivity index is 1.81. The number of nitrogens with zero attached hydrogens (tertiary/aromatic N) is 1. The molecule has 3 nitrogen and oxygen atoms in total. The molecule has 1 amide bonds. The normalized spacial score (nSPS) is 32.6. The minimum absolute atomic E-state index is 0.188. The number of amides is 1. The van der Waals surface area contributed by atoms with Crippen molar-refractivity contribution in [1.82, 2.24) is 4.90 Å². The lowest BCUT2D eigenvalue weighted by Gasteiger charge is -2.29. The maximum absolute atomic E-state index is 11.4. The Morgan fingerprint density at radius 3 is 2.53 bits per heavy atom. The van der Waals surface area contributed by atoms with Crippen LogP contribution in [0.25, 0.3) is 0 Å².